The molecule has 2 aromatic heterocycles. The maximum atomic E-state index is 11.6. The van der Waals surface area contributed by atoms with Crippen molar-refractivity contribution in [1.29, 1.82) is 0 Å². The lowest BCUT2D eigenvalue weighted by atomic mass is 10.0. The Morgan fingerprint density at radius 1 is 1.10 bits per heavy atom. The van der Waals surface area contributed by atoms with Crippen LogP contribution in [0.1, 0.15) is 10.5 Å². The molecule has 0 atom stereocenters. The van der Waals surface area contributed by atoms with Crippen molar-refractivity contribution in [2.75, 3.05) is 0 Å². The summed E-state index contributed by atoms with van der Waals surface area (Å²) in [4.78, 5) is 15.7. The molecule has 0 radical (unpaired) electrons. The number of rotatable bonds is 3. The summed E-state index contributed by atoms with van der Waals surface area (Å²) in [5.74, 6) is -0.578. The van der Waals surface area contributed by atoms with E-state index in [4.69, 9.17) is 5.73 Å². The molecule has 98 valence electrons. The lowest BCUT2D eigenvalue weighted by Gasteiger charge is -2.12. The number of nitrogens with zero attached hydrogens (tertiary/aromatic N) is 4. The number of benzene rings is 1. The number of aromatic nitrogens is 4. The molecule has 1 aromatic carbocycles. The molecule has 3 rings (SSSR count). The van der Waals surface area contributed by atoms with E-state index in [1.165, 1.54) is 6.20 Å². The first-order valence-corrected chi connectivity index (χ1v) is 5.98. The smallest absolute Gasteiger partial charge is 0.268 e. The minimum absolute atomic E-state index is 0.212. The zero-order chi connectivity index (χ0) is 13.9. The van der Waals surface area contributed by atoms with Crippen LogP contribution in [0.2, 0.25) is 0 Å². The summed E-state index contributed by atoms with van der Waals surface area (Å²) in [5.41, 5.74) is 7.84. The van der Waals surface area contributed by atoms with Gasteiger partial charge in [-0.25, -0.2) is 4.68 Å². The highest BCUT2D eigenvalue weighted by Crippen LogP contribution is 2.28. The second kappa shape index (κ2) is 4.93. The fourth-order valence-corrected chi connectivity index (χ4v) is 2.06. The number of amides is 1. The molecule has 1 amide bonds. The Kier molecular flexibility index (Phi) is 2.96. The van der Waals surface area contributed by atoms with Gasteiger partial charge in [0.25, 0.3) is 5.91 Å². The van der Waals surface area contributed by atoms with Crippen LogP contribution in [0.4, 0.5) is 0 Å². The van der Waals surface area contributed by atoms with Gasteiger partial charge in [0.2, 0.25) is 0 Å². The van der Waals surface area contributed by atoms with Gasteiger partial charge in [0.15, 0.2) is 0 Å². The SMILES string of the molecule is NC(=O)c1nccc(-n2ccnn2)c1-c1ccccc1. The van der Waals surface area contributed by atoms with E-state index in [1.807, 2.05) is 30.3 Å². The van der Waals surface area contributed by atoms with Crippen molar-refractivity contribution in [3.63, 3.8) is 0 Å². The molecule has 0 aliphatic heterocycles. The van der Waals surface area contributed by atoms with Gasteiger partial charge in [0.05, 0.1) is 18.1 Å². The van der Waals surface area contributed by atoms with Crippen LogP contribution < -0.4 is 5.73 Å². The van der Waals surface area contributed by atoms with Gasteiger partial charge in [0.1, 0.15) is 5.69 Å². The lowest BCUT2D eigenvalue weighted by molar-refractivity contribution is 0.0996. The van der Waals surface area contributed by atoms with Crippen LogP contribution in [0.3, 0.4) is 0 Å². The summed E-state index contributed by atoms with van der Waals surface area (Å²) in [6, 6.07) is 11.2. The van der Waals surface area contributed by atoms with Gasteiger partial charge in [-0.2, -0.15) is 0 Å². The largest absolute Gasteiger partial charge is 0.364 e. The topological polar surface area (TPSA) is 86.7 Å². The molecule has 0 aliphatic carbocycles. The van der Waals surface area contributed by atoms with Crippen LogP contribution >= 0.6 is 0 Å². The lowest BCUT2D eigenvalue weighted by Crippen LogP contribution is -2.16. The van der Waals surface area contributed by atoms with Gasteiger partial charge in [-0.1, -0.05) is 35.5 Å². The monoisotopic (exact) mass is 265 g/mol. The third-order valence-electron chi connectivity index (χ3n) is 2.89. The van der Waals surface area contributed by atoms with Gasteiger partial charge < -0.3 is 5.73 Å². The molecule has 0 aliphatic rings. The van der Waals surface area contributed by atoms with Gasteiger partial charge >= 0.3 is 0 Å². The van der Waals surface area contributed by atoms with Crippen molar-refractivity contribution in [1.82, 2.24) is 20.0 Å². The van der Waals surface area contributed by atoms with Crippen LogP contribution in [-0.4, -0.2) is 25.9 Å². The van der Waals surface area contributed by atoms with Crippen LogP contribution in [-0.2, 0) is 0 Å². The van der Waals surface area contributed by atoms with Crippen molar-refractivity contribution < 1.29 is 4.79 Å². The molecule has 0 fully saturated rings. The maximum absolute atomic E-state index is 11.6. The molecular formula is C14H11N5O. The highest BCUT2D eigenvalue weighted by Gasteiger charge is 2.17. The summed E-state index contributed by atoms with van der Waals surface area (Å²) in [7, 11) is 0. The first-order valence-electron chi connectivity index (χ1n) is 5.98. The van der Waals surface area contributed by atoms with Crippen molar-refractivity contribution in [2.45, 2.75) is 0 Å². The molecule has 6 nitrogen and oxygen atoms in total. The zero-order valence-corrected chi connectivity index (χ0v) is 10.5. The molecule has 2 heterocycles. The molecule has 0 saturated carbocycles. The van der Waals surface area contributed by atoms with E-state index >= 15 is 0 Å². The van der Waals surface area contributed by atoms with Crippen molar-refractivity contribution in [3.05, 3.63) is 60.7 Å². The van der Waals surface area contributed by atoms with Gasteiger partial charge in [0, 0.05) is 11.8 Å². The predicted molar refractivity (Wildman–Crippen MR) is 73.1 cm³/mol. The Bertz CT molecular complexity index is 738. The summed E-state index contributed by atoms with van der Waals surface area (Å²) < 4.78 is 1.58. The maximum Gasteiger partial charge on any atom is 0.268 e. The minimum atomic E-state index is -0.578. The molecular weight excluding hydrogens is 254 g/mol. The van der Waals surface area contributed by atoms with E-state index in [-0.39, 0.29) is 5.69 Å². The van der Waals surface area contributed by atoms with E-state index in [0.717, 1.165) is 5.56 Å². The molecule has 2 N–H and O–H groups in total. The summed E-state index contributed by atoms with van der Waals surface area (Å²) >= 11 is 0. The van der Waals surface area contributed by atoms with E-state index in [0.29, 0.717) is 11.3 Å². The number of hydrogen-bond acceptors (Lipinski definition) is 4. The number of carbonyl (C=O) groups is 1. The molecule has 0 unspecified atom stereocenters. The molecule has 0 bridgehead atoms. The number of pyridine rings is 1. The highest BCUT2D eigenvalue weighted by molar-refractivity contribution is 6.00. The second-order valence-corrected chi connectivity index (χ2v) is 4.13. The zero-order valence-electron chi connectivity index (χ0n) is 10.5. The number of carbonyl (C=O) groups excluding carboxylic acids is 1. The fourth-order valence-electron chi connectivity index (χ4n) is 2.06. The number of hydrogen-bond donors (Lipinski definition) is 1. The van der Waals surface area contributed by atoms with Crippen molar-refractivity contribution >= 4 is 5.91 Å². The molecule has 0 saturated heterocycles. The molecule has 6 heteroatoms. The Morgan fingerprint density at radius 2 is 1.90 bits per heavy atom. The fraction of sp³-hybridized carbons (Fsp3) is 0. The third kappa shape index (κ3) is 2.03. The van der Waals surface area contributed by atoms with Gasteiger partial charge in [-0.05, 0) is 11.6 Å². The van der Waals surface area contributed by atoms with E-state index in [9.17, 15) is 4.79 Å². The normalized spacial score (nSPS) is 10.4. The first-order chi connectivity index (χ1) is 9.77. The van der Waals surface area contributed by atoms with Crippen molar-refractivity contribution in [3.8, 4) is 16.8 Å². The predicted octanol–water partition coefficient (Wildman–Crippen LogP) is 1.43. The van der Waals surface area contributed by atoms with Crippen LogP contribution in [0, 0.1) is 0 Å². The molecule has 0 spiro atoms. The van der Waals surface area contributed by atoms with E-state index < -0.39 is 5.91 Å². The molecule has 20 heavy (non-hydrogen) atoms. The number of nitrogens with two attached hydrogens (primary N) is 1. The van der Waals surface area contributed by atoms with Gasteiger partial charge in [-0.3, -0.25) is 9.78 Å². The summed E-state index contributed by atoms with van der Waals surface area (Å²) in [6.07, 6.45) is 4.80. The average molecular weight is 265 g/mol. The van der Waals surface area contributed by atoms with Crippen LogP contribution in [0.15, 0.2) is 55.0 Å². The average Bonchev–Trinajstić information content (AvgIpc) is 3.01. The third-order valence-corrected chi connectivity index (χ3v) is 2.89. The summed E-state index contributed by atoms with van der Waals surface area (Å²) in [6.45, 7) is 0. The molecule has 3 aromatic rings. The number of primary amides is 1. The Hall–Kier alpha value is -3.02. The van der Waals surface area contributed by atoms with Gasteiger partial charge in [-0.15, -0.1) is 5.10 Å². The van der Waals surface area contributed by atoms with Crippen molar-refractivity contribution in [2.24, 2.45) is 5.73 Å². The first kappa shape index (κ1) is 12.0. The quantitative estimate of drug-likeness (QED) is 0.776. The van der Waals surface area contributed by atoms with E-state index in [2.05, 4.69) is 15.3 Å². The Balaban J connectivity index is 2.31. The second-order valence-electron chi connectivity index (χ2n) is 4.13. The standard InChI is InChI=1S/C14H11N5O/c15-14(20)13-12(10-4-2-1-3-5-10)11(6-7-16-13)19-9-8-17-18-19/h1-9H,(H2,15,20). The van der Waals surface area contributed by atoms with Crippen LogP contribution in [0.5, 0.6) is 0 Å². The highest BCUT2D eigenvalue weighted by atomic mass is 16.1. The van der Waals surface area contributed by atoms with E-state index in [1.54, 1.807) is 23.1 Å². The Morgan fingerprint density at radius 3 is 2.55 bits per heavy atom. The summed E-state index contributed by atoms with van der Waals surface area (Å²) in [5, 5.41) is 7.74. The Labute approximate surface area is 114 Å². The minimum Gasteiger partial charge on any atom is -0.364 e. The van der Waals surface area contributed by atoms with Crippen LogP contribution in [0.25, 0.3) is 16.8 Å².